The van der Waals surface area contributed by atoms with Gasteiger partial charge in [-0.25, -0.2) is 0 Å². The SMILES string of the molecule is COC(=O)CN1C(=O)[C@@H](NC(=O)CCc2ccccc2)CCc2ccccc21.COC(=O)CN1C(=O)[C@@H](N[B]C=O)CCc2ccccc21.O=C(O)CN1C(=O)[C@@H](NC(=O)CCc2ccccc2)CCc2ccccc21.O=C[C@H](CC(=O)O)NC(=O)CN1C(=O)[C@@H](NC(=O)CCc2ccccc2)CCc2ccccc21. The normalized spacial score (nSPS) is 16.5. The average molecular weight is 1500 g/mol. The van der Waals surface area contributed by atoms with E-state index < -0.39 is 85.4 Å². The molecular weight excluding hydrogens is 1410 g/mol. The highest BCUT2D eigenvalue weighted by Crippen LogP contribution is 2.31. The van der Waals surface area contributed by atoms with E-state index in [1.807, 2.05) is 164 Å². The van der Waals surface area contributed by atoms with E-state index in [-0.39, 0.29) is 61.4 Å². The van der Waals surface area contributed by atoms with Crippen molar-refractivity contribution in [2.24, 2.45) is 0 Å². The lowest BCUT2D eigenvalue weighted by Crippen LogP contribution is -2.51. The van der Waals surface area contributed by atoms with Crippen molar-refractivity contribution in [1.29, 1.82) is 0 Å². The molecule has 27 nitrogen and oxygen atoms in total. The zero-order valence-corrected chi connectivity index (χ0v) is 61.2. The van der Waals surface area contributed by atoms with Gasteiger partial charge in [0.25, 0.3) is 7.41 Å². The zero-order chi connectivity index (χ0) is 78.9. The molecule has 0 aromatic heterocycles. The number of carbonyl (C=O) groups is 14. The Balaban J connectivity index is 0.000000187. The van der Waals surface area contributed by atoms with Crippen molar-refractivity contribution in [1.82, 2.24) is 26.5 Å². The number of carbonyl (C=O) groups excluding carboxylic acids is 12. The van der Waals surface area contributed by atoms with Crippen molar-refractivity contribution in [3.63, 3.8) is 0 Å². The summed E-state index contributed by atoms with van der Waals surface area (Å²) in [5, 5.41) is 31.6. The van der Waals surface area contributed by atoms with E-state index in [4.69, 9.17) is 9.84 Å². The number of anilines is 4. The van der Waals surface area contributed by atoms with Crippen LogP contribution < -0.4 is 46.1 Å². The summed E-state index contributed by atoms with van der Waals surface area (Å²) < 4.78 is 9.40. The molecule has 0 fully saturated rings. The maximum absolute atomic E-state index is 13.4. The molecular formula is C82H89BN9O18. The number of amides is 8. The van der Waals surface area contributed by atoms with Crippen molar-refractivity contribution < 1.29 is 86.8 Å². The minimum absolute atomic E-state index is 0.147. The van der Waals surface area contributed by atoms with Gasteiger partial charge in [-0.15, -0.1) is 0 Å². The maximum atomic E-state index is 13.4. The van der Waals surface area contributed by atoms with Gasteiger partial charge in [0.15, 0.2) is 0 Å². The predicted octanol–water partition coefficient (Wildman–Crippen LogP) is 5.57. The number of nitrogens with zero attached hydrogens (tertiary/aromatic N) is 4. The Labute approximate surface area is 637 Å². The summed E-state index contributed by atoms with van der Waals surface area (Å²) in [7, 11) is 3.78. The molecule has 7 N–H and O–H groups in total. The predicted molar refractivity (Wildman–Crippen MR) is 410 cm³/mol. The van der Waals surface area contributed by atoms with Crippen LogP contribution in [-0.2, 0) is 122 Å². The number of hydrogen-bond acceptors (Lipinski definition) is 17. The van der Waals surface area contributed by atoms with Crippen molar-refractivity contribution in [2.75, 3.05) is 60.0 Å². The molecule has 4 aliphatic rings. The summed E-state index contributed by atoms with van der Waals surface area (Å²) in [4.78, 5) is 174. The van der Waals surface area contributed by atoms with Gasteiger partial charge in [-0.1, -0.05) is 164 Å². The Bertz CT molecular complexity index is 4380. The molecule has 110 heavy (non-hydrogen) atoms. The van der Waals surface area contributed by atoms with Crippen LogP contribution in [0.15, 0.2) is 188 Å². The van der Waals surface area contributed by atoms with E-state index in [2.05, 4.69) is 31.2 Å². The Morgan fingerprint density at radius 2 is 0.709 bits per heavy atom. The molecule has 1 radical (unpaired) electrons. The fourth-order valence-electron chi connectivity index (χ4n) is 13.0. The lowest BCUT2D eigenvalue weighted by molar-refractivity contribution is -0.140. The smallest absolute Gasteiger partial charge is 0.325 e. The first-order valence-electron chi connectivity index (χ1n) is 36.1. The van der Waals surface area contributed by atoms with Crippen molar-refractivity contribution in [2.45, 2.75) is 127 Å². The number of rotatable bonds is 27. The number of aliphatic carboxylic acids is 2. The molecule has 28 heteroatoms. The topological polar surface area (TPSA) is 371 Å². The number of ether oxygens (including phenoxy) is 2. The van der Waals surface area contributed by atoms with Gasteiger partial charge in [-0.2, -0.15) is 0 Å². The first kappa shape index (κ1) is 83.2. The van der Waals surface area contributed by atoms with Crippen LogP contribution in [0.4, 0.5) is 22.7 Å². The number of fused-ring (bicyclic) bond motifs is 4. The molecule has 8 amide bonds. The zero-order valence-electron chi connectivity index (χ0n) is 61.2. The maximum Gasteiger partial charge on any atom is 0.325 e. The van der Waals surface area contributed by atoms with Crippen LogP contribution in [0.3, 0.4) is 0 Å². The fraction of sp³-hybridized carbons (Fsp3) is 0.317. The van der Waals surface area contributed by atoms with E-state index in [0.717, 1.165) is 38.9 Å². The molecule has 4 heterocycles. The van der Waals surface area contributed by atoms with Crippen LogP contribution in [0.2, 0.25) is 0 Å². The number of aryl methyl sites for hydroxylation is 7. The van der Waals surface area contributed by atoms with Gasteiger partial charge in [0.2, 0.25) is 47.3 Å². The van der Waals surface area contributed by atoms with E-state index in [9.17, 15) is 72.2 Å². The highest BCUT2D eigenvalue weighted by Gasteiger charge is 2.37. The van der Waals surface area contributed by atoms with E-state index in [0.29, 0.717) is 112 Å². The van der Waals surface area contributed by atoms with Crippen LogP contribution in [0.1, 0.15) is 90.3 Å². The second-order valence-electron chi connectivity index (χ2n) is 26.2. The first-order chi connectivity index (χ1) is 53.2. The second-order valence-corrected chi connectivity index (χ2v) is 26.2. The number of nitrogens with one attached hydrogen (secondary N) is 5. The highest BCUT2D eigenvalue weighted by atomic mass is 16.5. The molecule has 5 atom stereocenters. The molecule has 0 saturated heterocycles. The van der Waals surface area contributed by atoms with Crippen LogP contribution in [0, 0.1) is 0 Å². The van der Waals surface area contributed by atoms with Gasteiger partial charge in [0.1, 0.15) is 50.6 Å². The number of para-hydroxylation sites is 4. The third kappa shape index (κ3) is 25.1. The number of carboxylic acid groups (broad SMARTS) is 2. The lowest BCUT2D eigenvalue weighted by atomic mass is 9.94. The number of benzene rings is 7. The summed E-state index contributed by atoms with van der Waals surface area (Å²) in [6, 6.07) is 54.4. The molecule has 7 aromatic rings. The molecule has 0 bridgehead atoms. The van der Waals surface area contributed by atoms with Gasteiger partial charge >= 0.3 is 23.9 Å². The van der Waals surface area contributed by atoms with Crippen molar-refractivity contribution in [3.8, 4) is 0 Å². The Morgan fingerprint density at radius 3 is 1.02 bits per heavy atom. The third-order valence-corrected chi connectivity index (χ3v) is 18.5. The molecule has 0 unspecified atom stereocenters. The lowest BCUT2D eigenvalue weighted by Gasteiger charge is -2.26. The molecule has 4 aliphatic heterocycles. The van der Waals surface area contributed by atoms with Crippen molar-refractivity contribution in [3.05, 3.63) is 227 Å². The molecule has 11 rings (SSSR count). The highest BCUT2D eigenvalue weighted by molar-refractivity contribution is 6.64. The number of hydrogen-bond donors (Lipinski definition) is 7. The van der Waals surface area contributed by atoms with Gasteiger partial charge in [-0.3, -0.25) is 72.2 Å². The molecule has 0 saturated carbocycles. The number of carboxylic acids is 2. The van der Waals surface area contributed by atoms with E-state index in [1.165, 1.54) is 41.2 Å². The summed E-state index contributed by atoms with van der Waals surface area (Å²) in [5.41, 5.74) is 9.42. The largest absolute Gasteiger partial charge is 0.481 e. The van der Waals surface area contributed by atoms with Crippen molar-refractivity contribution >= 4 is 114 Å². The van der Waals surface area contributed by atoms with Gasteiger partial charge in [0, 0.05) is 42.0 Å². The summed E-state index contributed by atoms with van der Waals surface area (Å²) in [5.74, 6) is -5.98. The summed E-state index contributed by atoms with van der Waals surface area (Å²) in [6.45, 7) is -1.16. The molecule has 0 aliphatic carbocycles. The molecule has 0 spiro atoms. The van der Waals surface area contributed by atoms with Gasteiger partial charge in [-0.05, 0) is 134 Å². The van der Waals surface area contributed by atoms with Crippen LogP contribution in [0.25, 0.3) is 0 Å². The Kier molecular flexibility index (Phi) is 32.3. The van der Waals surface area contributed by atoms with Crippen LogP contribution in [-0.4, -0.2) is 172 Å². The molecule has 573 valence electrons. The fourth-order valence-corrected chi connectivity index (χ4v) is 13.0. The monoisotopic (exact) mass is 1500 g/mol. The third-order valence-electron chi connectivity index (χ3n) is 18.5. The Hall–Kier alpha value is -12.5. The quantitative estimate of drug-likeness (QED) is 0.0188. The summed E-state index contributed by atoms with van der Waals surface area (Å²) >= 11 is 0. The number of esters is 2. The number of methoxy groups -OCH3 is 2. The standard InChI is InChI=1S/C25H27N3O6.C22H24N2O4.C21H22N2O4.C14H16BN2O4/c29-16-19(14-24(32)33)26-23(31)15-28-21-9-5-4-8-18(21)11-12-20(25(28)34)27-22(30)13-10-17-6-2-1-3-7-17;1-28-21(26)15-24-19-10-6-5-9-17(19)12-13-18(22(24)27)23-20(25)14-11-16-7-3-2-4-8-16;24-19(13-10-15-6-2-1-3-7-15)22-17-12-11-16-8-4-5-9-18(16)23(21(17)27)14-20(25)26;1-21-13(19)8-17-12-5-3-2-4-10(12)6-7-11(14(17)20)16-15-9-18/h1-9,16,19-20H,10-15H2,(H,26,31)(H,27,30)(H,32,33);2-10,18H,11-15H2,1H3,(H,23,25);1-9,17H,10-14H2,(H,22,24)(H,25,26);2-5,9,11,16H,6-8H2,1H3/t19-,20-;18-;17-;11-/m0000/s1. The average Bonchev–Trinajstić information content (AvgIpc) is 1.64. The Morgan fingerprint density at radius 1 is 0.409 bits per heavy atom. The number of aldehydes is 1. The van der Waals surface area contributed by atoms with Gasteiger partial charge < -0.3 is 60.7 Å². The van der Waals surface area contributed by atoms with E-state index >= 15 is 0 Å². The van der Waals surface area contributed by atoms with Crippen LogP contribution in [0.5, 0.6) is 0 Å². The summed E-state index contributed by atoms with van der Waals surface area (Å²) in [6.07, 6.45) is 7.24. The first-order valence-corrected chi connectivity index (χ1v) is 36.1. The van der Waals surface area contributed by atoms with E-state index in [1.54, 1.807) is 24.3 Å². The minimum Gasteiger partial charge on any atom is -0.481 e. The second kappa shape index (κ2) is 42.8. The minimum atomic E-state index is -1.23. The van der Waals surface area contributed by atoms with Crippen LogP contribution >= 0.6 is 0 Å². The van der Waals surface area contributed by atoms with Gasteiger partial charge in [0.05, 0.1) is 38.9 Å². The molecule has 7 aromatic carbocycles.